The molecule has 0 aromatic rings. The smallest absolute Gasteiger partial charge is 0.0548 e. The average Bonchev–Trinajstić information content (AvgIpc) is 2.18. The van der Waals surface area contributed by atoms with Crippen molar-refractivity contribution in [3.63, 3.8) is 0 Å². The highest BCUT2D eigenvalue weighted by atomic mass is 16.5. The monoisotopic (exact) mass is 215 g/mol. The van der Waals surface area contributed by atoms with Crippen LogP contribution in [0.15, 0.2) is 0 Å². The molecule has 0 fully saturated rings. The Hall–Kier alpha value is -0.0800. The molecule has 2 atom stereocenters. The lowest BCUT2D eigenvalue weighted by molar-refractivity contribution is 0.0658. The van der Waals surface area contributed by atoms with Gasteiger partial charge in [-0.05, 0) is 38.1 Å². The average molecular weight is 215 g/mol. The summed E-state index contributed by atoms with van der Waals surface area (Å²) < 4.78 is 5.37. The van der Waals surface area contributed by atoms with Gasteiger partial charge in [0.15, 0.2) is 0 Å². The van der Waals surface area contributed by atoms with Crippen molar-refractivity contribution in [2.75, 3.05) is 20.2 Å². The van der Waals surface area contributed by atoms with Crippen molar-refractivity contribution < 1.29 is 4.74 Å². The quantitative estimate of drug-likeness (QED) is 0.596. The summed E-state index contributed by atoms with van der Waals surface area (Å²) in [7, 11) is 1.80. The van der Waals surface area contributed by atoms with E-state index in [2.05, 4.69) is 33.0 Å². The van der Waals surface area contributed by atoms with E-state index < -0.39 is 0 Å². The summed E-state index contributed by atoms with van der Waals surface area (Å²) in [6.45, 7) is 11.2. The van der Waals surface area contributed by atoms with Gasteiger partial charge in [0.05, 0.1) is 6.10 Å². The van der Waals surface area contributed by atoms with Gasteiger partial charge in [-0.25, -0.2) is 0 Å². The third kappa shape index (κ3) is 6.91. The Bertz CT molecular complexity index is 149. The Morgan fingerprint density at radius 2 is 1.93 bits per heavy atom. The summed E-state index contributed by atoms with van der Waals surface area (Å²) in [5.74, 6) is 0. The number of hydrogen-bond acceptors (Lipinski definition) is 2. The van der Waals surface area contributed by atoms with Gasteiger partial charge < -0.3 is 10.1 Å². The van der Waals surface area contributed by atoms with Gasteiger partial charge in [-0.15, -0.1) is 0 Å². The van der Waals surface area contributed by atoms with Crippen LogP contribution in [-0.2, 0) is 4.74 Å². The summed E-state index contributed by atoms with van der Waals surface area (Å²) in [4.78, 5) is 0. The Morgan fingerprint density at radius 3 is 2.40 bits per heavy atom. The summed E-state index contributed by atoms with van der Waals surface area (Å²) in [6, 6.07) is 0. The first-order valence-corrected chi connectivity index (χ1v) is 6.31. The topological polar surface area (TPSA) is 21.3 Å². The number of hydrogen-bond donors (Lipinski definition) is 1. The first-order valence-electron chi connectivity index (χ1n) is 6.31. The highest BCUT2D eigenvalue weighted by Crippen LogP contribution is 2.29. The molecule has 92 valence electrons. The zero-order valence-electron chi connectivity index (χ0n) is 11.2. The molecule has 0 saturated heterocycles. The maximum atomic E-state index is 5.37. The fourth-order valence-corrected chi connectivity index (χ4v) is 2.21. The van der Waals surface area contributed by atoms with Crippen LogP contribution in [0.3, 0.4) is 0 Å². The van der Waals surface area contributed by atoms with E-state index in [0.717, 1.165) is 19.5 Å². The first-order chi connectivity index (χ1) is 7.08. The van der Waals surface area contributed by atoms with Crippen LogP contribution in [0.1, 0.15) is 53.4 Å². The molecule has 2 heteroatoms. The lowest BCUT2D eigenvalue weighted by Gasteiger charge is -2.32. The van der Waals surface area contributed by atoms with E-state index >= 15 is 0 Å². The highest BCUT2D eigenvalue weighted by Gasteiger charge is 2.25. The normalized spacial score (nSPS) is 17.4. The second-order valence-corrected chi connectivity index (χ2v) is 4.99. The molecular formula is C13H29NO. The van der Waals surface area contributed by atoms with E-state index in [4.69, 9.17) is 4.74 Å². The molecular weight excluding hydrogens is 186 g/mol. The standard InChI is InChI=1S/C13H29NO/c1-6-8-13(4,10-12(3)15-5)11-14-9-7-2/h12,14H,6-11H2,1-5H3. The molecule has 0 aromatic carbocycles. The van der Waals surface area contributed by atoms with Crippen LogP contribution >= 0.6 is 0 Å². The zero-order valence-corrected chi connectivity index (χ0v) is 11.2. The van der Waals surface area contributed by atoms with E-state index in [0.29, 0.717) is 11.5 Å². The molecule has 2 nitrogen and oxygen atoms in total. The minimum Gasteiger partial charge on any atom is -0.382 e. The Morgan fingerprint density at radius 1 is 1.27 bits per heavy atom. The van der Waals surface area contributed by atoms with Crippen LogP contribution < -0.4 is 5.32 Å². The number of nitrogens with one attached hydrogen (secondary N) is 1. The lowest BCUT2D eigenvalue weighted by atomic mass is 9.80. The maximum absolute atomic E-state index is 5.37. The van der Waals surface area contributed by atoms with E-state index in [1.165, 1.54) is 19.3 Å². The zero-order chi connectivity index (χ0) is 11.7. The molecule has 0 saturated carbocycles. The number of methoxy groups -OCH3 is 1. The Labute approximate surface area is 95.8 Å². The molecule has 0 aliphatic rings. The van der Waals surface area contributed by atoms with E-state index in [-0.39, 0.29) is 0 Å². The van der Waals surface area contributed by atoms with Crippen molar-refractivity contribution in [2.45, 2.75) is 59.5 Å². The fraction of sp³-hybridized carbons (Fsp3) is 1.00. The largest absolute Gasteiger partial charge is 0.382 e. The molecule has 0 amide bonds. The Kier molecular flexibility index (Phi) is 8.07. The summed E-state index contributed by atoms with van der Waals surface area (Å²) in [5, 5.41) is 3.53. The third-order valence-electron chi connectivity index (χ3n) is 3.01. The lowest BCUT2D eigenvalue weighted by Crippen LogP contribution is -2.35. The van der Waals surface area contributed by atoms with Crippen molar-refractivity contribution in [3.8, 4) is 0 Å². The molecule has 1 N–H and O–H groups in total. The van der Waals surface area contributed by atoms with Crippen molar-refractivity contribution >= 4 is 0 Å². The van der Waals surface area contributed by atoms with E-state index in [9.17, 15) is 0 Å². The van der Waals surface area contributed by atoms with Crippen LogP contribution in [0.4, 0.5) is 0 Å². The summed E-state index contributed by atoms with van der Waals surface area (Å²) in [5.41, 5.74) is 0.388. The number of rotatable bonds is 9. The molecule has 0 bridgehead atoms. The summed E-state index contributed by atoms with van der Waals surface area (Å²) in [6.07, 6.45) is 5.25. The van der Waals surface area contributed by atoms with Crippen LogP contribution in [0, 0.1) is 5.41 Å². The Balaban J connectivity index is 4.05. The van der Waals surface area contributed by atoms with Crippen molar-refractivity contribution in [1.29, 1.82) is 0 Å². The molecule has 0 rings (SSSR count). The van der Waals surface area contributed by atoms with Gasteiger partial charge in [0.25, 0.3) is 0 Å². The minimum atomic E-state index is 0.366. The number of ether oxygens (including phenoxy) is 1. The molecule has 0 spiro atoms. The minimum absolute atomic E-state index is 0.366. The van der Waals surface area contributed by atoms with Crippen molar-refractivity contribution in [2.24, 2.45) is 5.41 Å². The van der Waals surface area contributed by atoms with E-state index in [1.807, 2.05) is 0 Å². The summed E-state index contributed by atoms with van der Waals surface area (Å²) >= 11 is 0. The molecule has 0 aromatic heterocycles. The second-order valence-electron chi connectivity index (χ2n) is 4.99. The third-order valence-corrected chi connectivity index (χ3v) is 3.01. The van der Waals surface area contributed by atoms with Crippen molar-refractivity contribution in [3.05, 3.63) is 0 Å². The second kappa shape index (κ2) is 8.12. The van der Waals surface area contributed by atoms with Gasteiger partial charge in [0.1, 0.15) is 0 Å². The van der Waals surface area contributed by atoms with Gasteiger partial charge >= 0.3 is 0 Å². The molecule has 0 heterocycles. The fourth-order valence-electron chi connectivity index (χ4n) is 2.21. The van der Waals surface area contributed by atoms with Gasteiger partial charge in [-0.1, -0.05) is 27.2 Å². The molecule has 2 unspecified atom stereocenters. The van der Waals surface area contributed by atoms with Crippen LogP contribution in [0.25, 0.3) is 0 Å². The molecule has 0 radical (unpaired) electrons. The van der Waals surface area contributed by atoms with Gasteiger partial charge in [0.2, 0.25) is 0 Å². The van der Waals surface area contributed by atoms with Gasteiger partial charge in [-0.2, -0.15) is 0 Å². The molecule has 0 aliphatic heterocycles. The van der Waals surface area contributed by atoms with Crippen molar-refractivity contribution in [1.82, 2.24) is 5.32 Å². The van der Waals surface area contributed by atoms with Crippen LogP contribution in [-0.4, -0.2) is 26.3 Å². The predicted octanol–water partition coefficient (Wildman–Crippen LogP) is 3.22. The SMILES string of the molecule is CCCNCC(C)(CCC)CC(C)OC. The van der Waals surface area contributed by atoms with Gasteiger partial charge in [-0.3, -0.25) is 0 Å². The molecule has 15 heavy (non-hydrogen) atoms. The van der Waals surface area contributed by atoms with Crippen LogP contribution in [0.5, 0.6) is 0 Å². The van der Waals surface area contributed by atoms with Crippen LogP contribution in [0.2, 0.25) is 0 Å². The first kappa shape index (κ1) is 14.9. The highest BCUT2D eigenvalue weighted by molar-refractivity contribution is 4.79. The van der Waals surface area contributed by atoms with E-state index in [1.54, 1.807) is 7.11 Å². The molecule has 0 aliphatic carbocycles. The maximum Gasteiger partial charge on any atom is 0.0548 e. The van der Waals surface area contributed by atoms with Gasteiger partial charge in [0, 0.05) is 13.7 Å². The predicted molar refractivity (Wildman–Crippen MR) is 67.3 cm³/mol.